The molecule has 0 amide bonds. The molecule has 27 heavy (non-hydrogen) atoms. The number of benzene rings is 1. The van der Waals surface area contributed by atoms with Gasteiger partial charge in [0.2, 0.25) is 0 Å². The first-order chi connectivity index (χ1) is 11.4. The van der Waals surface area contributed by atoms with Crippen LogP contribution in [0.1, 0.15) is 24.0 Å². The minimum atomic E-state index is -1.22. The fraction of sp³-hybridized carbons (Fsp3) is 0.300. The Morgan fingerprint density at radius 3 is 2.44 bits per heavy atom. The second-order valence-corrected chi connectivity index (χ2v) is 12.8. The minimum absolute atomic E-state index is 0. The van der Waals surface area contributed by atoms with E-state index in [2.05, 4.69) is 44.8 Å². The largest absolute Gasteiger partial charge is 4.00 e. The van der Waals surface area contributed by atoms with Crippen LogP contribution in [-0.2, 0) is 30.9 Å². The van der Waals surface area contributed by atoms with Crippen molar-refractivity contribution in [1.82, 2.24) is 0 Å². The van der Waals surface area contributed by atoms with E-state index in [0.717, 1.165) is 41.3 Å². The van der Waals surface area contributed by atoms with Crippen molar-refractivity contribution in [3.8, 4) is 0 Å². The minimum Gasteiger partial charge on any atom is -1.00 e. The van der Waals surface area contributed by atoms with Crippen LogP contribution >= 0.6 is 0 Å². The maximum absolute atomic E-state index is 11.6. The van der Waals surface area contributed by atoms with E-state index in [1.54, 1.807) is 6.08 Å². The van der Waals surface area contributed by atoms with Crippen molar-refractivity contribution in [2.75, 3.05) is 6.61 Å². The van der Waals surface area contributed by atoms with Crippen LogP contribution in [0.3, 0.4) is 0 Å². The molecule has 0 fully saturated rings. The number of allylic oxidation sites excluding steroid dienone is 5. The van der Waals surface area contributed by atoms with Gasteiger partial charge in [-0.15, -0.1) is 39.6 Å². The van der Waals surface area contributed by atoms with E-state index in [1.165, 1.54) is 10.8 Å². The van der Waals surface area contributed by atoms with Crippen LogP contribution in [0.25, 0.3) is 5.57 Å². The molecule has 0 atom stereocenters. The Balaban J connectivity index is 0.000000506. The van der Waals surface area contributed by atoms with Crippen molar-refractivity contribution < 1.29 is 55.8 Å². The zero-order chi connectivity index (χ0) is 17.3. The summed E-state index contributed by atoms with van der Waals surface area (Å²) < 4.78 is 5.57. The molecule has 7 heteroatoms. The second kappa shape index (κ2) is 11.1. The zero-order valence-corrected chi connectivity index (χ0v) is 20.9. The van der Waals surface area contributed by atoms with Crippen molar-refractivity contribution >= 4 is 29.2 Å². The summed E-state index contributed by atoms with van der Waals surface area (Å²) in [6.45, 7) is 11.3. The van der Waals surface area contributed by atoms with Gasteiger partial charge in [-0.3, -0.25) is 4.79 Å². The van der Waals surface area contributed by atoms with Crippen LogP contribution in [0.15, 0.2) is 46.3 Å². The molecule has 0 spiro atoms. The van der Waals surface area contributed by atoms with Crippen LogP contribution < -0.4 is 24.8 Å². The van der Waals surface area contributed by atoms with Crippen LogP contribution in [-0.4, -0.2) is 30.2 Å². The summed E-state index contributed by atoms with van der Waals surface area (Å²) in [5, 5.41) is 2.27. The first-order valence-corrected chi connectivity index (χ1v) is 12.8. The van der Waals surface area contributed by atoms with Crippen LogP contribution in [0.2, 0.25) is 19.6 Å². The summed E-state index contributed by atoms with van der Waals surface area (Å²) in [6.07, 6.45) is 7.26. The van der Waals surface area contributed by atoms with E-state index in [9.17, 15) is 4.79 Å². The molecular formula is C20H22Cl2O2Si2Ti. The van der Waals surface area contributed by atoms with E-state index in [1.807, 2.05) is 12.1 Å². The Labute approximate surface area is 193 Å². The average molecular weight is 469 g/mol. The number of carbonyl (C=O) groups is 1. The molecule has 0 saturated carbocycles. The van der Waals surface area contributed by atoms with Crippen molar-refractivity contribution in [2.45, 2.75) is 32.5 Å². The van der Waals surface area contributed by atoms with Gasteiger partial charge in [-0.25, -0.2) is 0 Å². The van der Waals surface area contributed by atoms with E-state index in [0.29, 0.717) is 9.52 Å². The number of unbranched alkanes of at least 4 members (excludes halogenated alkanes) is 1. The SMILES string of the molecule is O=C1C=C2C(=[C-]c3ccccc32)C2=C1[Si]2.[CH2-]CCCO[Si](C)(C)C.[Cl-].[Cl-].[Ti+4]. The van der Waals surface area contributed by atoms with Gasteiger partial charge in [-0.2, -0.15) is 6.42 Å². The first-order valence-electron chi connectivity index (χ1n) is 8.35. The van der Waals surface area contributed by atoms with Crippen LogP contribution in [0.5, 0.6) is 0 Å². The molecule has 140 valence electrons. The van der Waals surface area contributed by atoms with Gasteiger partial charge in [0.25, 0.3) is 0 Å². The molecule has 1 heterocycles. The molecule has 2 radical (unpaired) electrons. The predicted octanol–water partition coefficient (Wildman–Crippen LogP) is -1.87. The molecule has 0 bridgehead atoms. The second-order valence-electron chi connectivity index (χ2n) is 7.01. The van der Waals surface area contributed by atoms with Gasteiger partial charge in [0.15, 0.2) is 14.1 Å². The maximum Gasteiger partial charge on any atom is 4.00 e. The summed E-state index contributed by atoms with van der Waals surface area (Å²) in [5.41, 5.74) is 4.53. The van der Waals surface area contributed by atoms with Crippen molar-refractivity contribution in [3.05, 3.63) is 70.4 Å². The van der Waals surface area contributed by atoms with E-state index >= 15 is 0 Å². The summed E-state index contributed by atoms with van der Waals surface area (Å²) in [6, 6.07) is 8.13. The number of hydrogen-bond acceptors (Lipinski definition) is 2. The first kappa shape index (κ1) is 26.8. The fourth-order valence-electron chi connectivity index (χ4n) is 2.66. The molecule has 0 saturated heterocycles. The van der Waals surface area contributed by atoms with Gasteiger partial charge in [0, 0.05) is 6.61 Å². The van der Waals surface area contributed by atoms with E-state index < -0.39 is 8.32 Å². The number of halogens is 2. The van der Waals surface area contributed by atoms with Gasteiger partial charge in [-0.05, 0) is 25.7 Å². The third-order valence-electron chi connectivity index (χ3n) is 3.88. The summed E-state index contributed by atoms with van der Waals surface area (Å²) >= 11 is 0. The van der Waals surface area contributed by atoms with Gasteiger partial charge >= 0.3 is 21.7 Å². The molecule has 1 aliphatic heterocycles. The molecule has 0 unspecified atom stereocenters. The Kier molecular flexibility index (Phi) is 11.0. The number of hydrogen-bond donors (Lipinski definition) is 0. The molecule has 1 aromatic carbocycles. The average Bonchev–Trinajstić information content (AvgIpc) is 3.25. The molecule has 1 aromatic rings. The number of ketones is 1. The summed E-state index contributed by atoms with van der Waals surface area (Å²) in [5.74, 6) is 0.209. The van der Waals surface area contributed by atoms with E-state index in [4.69, 9.17) is 4.43 Å². The molecule has 2 aliphatic carbocycles. The molecule has 4 rings (SSSR count). The normalized spacial score (nSPS) is 15.3. The molecule has 0 N–H and O–H groups in total. The number of rotatable bonds is 4. The molecule has 2 nitrogen and oxygen atoms in total. The third kappa shape index (κ3) is 6.67. The van der Waals surface area contributed by atoms with E-state index in [-0.39, 0.29) is 52.3 Å². The number of carbonyl (C=O) groups excluding carboxylic acids is 1. The smallest absolute Gasteiger partial charge is 1.00 e. The standard InChI is InChI=1S/C13H5OSi.C7H17OSi.2ClH.Ti/c14-11-6-9-8-4-2-1-3-7(8)5-10(9)12-13(11)15-12;1-5-6-7-8-9(2,3)4;;;/h1-4,6H;1,5-7H2,2-4H3;2*1H;/q2*-1;;;+4/p-2. The molecule has 0 aromatic heterocycles. The Hall–Kier alpha value is -0.202. The van der Waals surface area contributed by atoms with Gasteiger partial charge < -0.3 is 36.2 Å². The third-order valence-corrected chi connectivity index (χ3v) is 6.20. The quantitative estimate of drug-likeness (QED) is 0.294. The Morgan fingerprint density at radius 1 is 1.15 bits per heavy atom. The maximum atomic E-state index is 11.6. The summed E-state index contributed by atoms with van der Waals surface area (Å²) in [7, 11) is -0.591. The van der Waals surface area contributed by atoms with Crippen molar-refractivity contribution in [2.24, 2.45) is 0 Å². The monoisotopic (exact) mass is 468 g/mol. The van der Waals surface area contributed by atoms with Crippen molar-refractivity contribution in [3.63, 3.8) is 0 Å². The van der Waals surface area contributed by atoms with Crippen molar-refractivity contribution in [1.29, 1.82) is 0 Å². The predicted molar refractivity (Wildman–Crippen MR) is 102 cm³/mol. The van der Waals surface area contributed by atoms with Crippen LogP contribution in [0, 0.1) is 13.0 Å². The number of fused-ring (bicyclic) bond motifs is 4. The van der Waals surface area contributed by atoms with Crippen LogP contribution in [0.4, 0.5) is 0 Å². The van der Waals surface area contributed by atoms with Gasteiger partial charge in [0.05, 0.1) is 9.52 Å². The Bertz CT molecular complexity index is 780. The topological polar surface area (TPSA) is 26.3 Å². The zero-order valence-electron chi connectivity index (χ0n) is 15.8. The fourth-order valence-corrected chi connectivity index (χ4v) is 4.37. The molecule has 3 aliphatic rings. The molecular weight excluding hydrogens is 447 g/mol. The summed E-state index contributed by atoms with van der Waals surface area (Å²) in [4.78, 5) is 11.6. The Morgan fingerprint density at radius 2 is 1.81 bits per heavy atom. The van der Waals surface area contributed by atoms with Gasteiger partial charge in [0.1, 0.15) is 0 Å². The van der Waals surface area contributed by atoms with Gasteiger partial charge in [-0.1, -0.05) is 29.8 Å².